The molecule has 1 aliphatic heterocycles. The highest BCUT2D eigenvalue weighted by Gasteiger charge is 2.13. The second-order valence-electron chi connectivity index (χ2n) is 5.58. The Bertz CT molecular complexity index is 696. The fourth-order valence-electron chi connectivity index (χ4n) is 2.56. The Labute approximate surface area is 140 Å². The van der Waals surface area contributed by atoms with Crippen LogP contribution in [-0.2, 0) is 0 Å². The van der Waals surface area contributed by atoms with E-state index in [9.17, 15) is 4.79 Å². The fraction of sp³-hybridized carbons (Fsp3) is 0.294. The number of nitrogens with one attached hydrogen (secondary N) is 2. The van der Waals surface area contributed by atoms with Crippen molar-refractivity contribution in [1.29, 1.82) is 0 Å². The fourth-order valence-corrected chi connectivity index (χ4v) is 2.88. The van der Waals surface area contributed by atoms with Crippen LogP contribution in [0.4, 0.5) is 11.5 Å². The lowest BCUT2D eigenvalue weighted by molar-refractivity contribution is 0.102. The molecule has 1 saturated heterocycles. The van der Waals surface area contributed by atoms with Crippen LogP contribution in [0.25, 0.3) is 0 Å². The molecule has 1 aromatic carbocycles. The number of pyridine rings is 1. The first-order valence-corrected chi connectivity index (χ1v) is 8.00. The summed E-state index contributed by atoms with van der Waals surface area (Å²) in [5, 5.41) is 6.55. The van der Waals surface area contributed by atoms with Gasteiger partial charge in [-0.3, -0.25) is 4.79 Å². The number of carbonyl (C=O) groups is 1. The molecule has 1 amide bonds. The number of nitrogens with zero attached hydrogens (tertiary/aromatic N) is 2. The molecular formula is C17H19ClN4O. The minimum atomic E-state index is -0.252. The van der Waals surface area contributed by atoms with Gasteiger partial charge in [0.2, 0.25) is 0 Å². The highest BCUT2D eigenvalue weighted by Crippen LogP contribution is 2.20. The average Bonchev–Trinajstić information content (AvgIpc) is 2.56. The molecule has 0 saturated carbocycles. The van der Waals surface area contributed by atoms with Crippen LogP contribution < -0.4 is 15.5 Å². The van der Waals surface area contributed by atoms with E-state index in [0.717, 1.165) is 37.4 Å². The van der Waals surface area contributed by atoms with Gasteiger partial charge in [-0.05, 0) is 36.8 Å². The second kappa shape index (κ2) is 6.98. The summed E-state index contributed by atoms with van der Waals surface area (Å²) in [4.78, 5) is 18.9. The topological polar surface area (TPSA) is 57.3 Å². The Morgan fingerprint density at radius 3 is 2.70 bits per heavy atom. The van der Waals surface area contributed by atoms with Crippen LogP contribution in [-0.4, -0.2) is 37.1 Å². The van der Waals surface area contributed by atoms with Crippen LogP contribution in [0.2, 0.25) is 5.02 Å². The van der Waals surface area contributed by atoms with Crippen molar-refractivity contribution in [3.63, 3.8) is 0 Å². The maximum absolute atomic E-state index is 12.3. The van der Waals surface area contributed by atoms with Crippen LogP contribution >= 0.6 is 11.6 Å². The standard InChI is InChI=1S/C17H19ClN4O/c1-12-2-4-14(15(18)10-12)17(23)21-16-5-3-13(11-20-16)22-8-6-19-7-9-22/h2-5,10-11,19H,6-9H2,1H3,(H,20,21,23). The van der Waals surface area contributed by atoms with E-state index in [1.54, 1.807) is 18.3 Å². The van der Waals surface area contributed by atoms with Gasteiger partial charge in [0.05, 0.1) is 22.5 Å². The minimum absolute atomic E-state index is 0.252. The summed E-state index contributed by atoms with van der Waals surface area (Å²) in [6, 6.07) is 9.16. The normalized spacial score (nSPS) is 14.6. The molecule has 0 spiro atoms. The lowest BCUT2D eigenvalue weighted by Gasteiger charge is -2.29. The van der Waals surface area contributed by atoms with Gasteiger partial charge in [-0.15, -0.1) is 0 Å². The molecular weight excluding hydrogens is 312 g/mol. The predicted octanol–water partition coefficient (Wildman–Crippen LogP) is 2.71. The molecule has 2 aromatic rings. The number of rotatable bonds is 3. The van der Waals surface area contributed by atoms with Crippen LogP contribution in [0, 0.1) is 6.92 Å². The third kappa shape index (κ3) is 3.81. The first-order valence-electron chi connectivity index (χ1n) is 7.63. The van der Waals surface area contributed by atoms with E-state index in [0.29, 0.717) is 16.4 Å². The number of halogens is 1. The average molecular weight is 331 g/mol. The Balaban J connectivity index is 1.69. The van der Waals surface area contributed by atoms with Crippen LogP contribution in [0.1, 0.15) is 15.9 Å². The van der Waals surface area contributed by atoms with Crippen molar-refractivity contribution in [1.82, 2.24) is 10.3 Å². The summed E-state index contributed by atoms with van der Waals surface area (Å²) in [7, 11) is 0. The molecule has 23 heavy (non-hydrogen) atoms. The maximum Gasteiger partial charge on any atom is 0.258 e. The highest BCUT2D eigenvalue weighted by molar-refractivity contribution is 6.34. The van der Waals surface area contributed by atoms with E-state index in [1.165, 1.54) is 0 Å². The van der Waals surface area contributed by atoms with Crippen molar-refractivity contribution in [3.05, 3.63) is 52.7 Å². The molecule has 120 valence electrons. The predicted molar refractivity (Wildman–Crippen MR) is 93.5 cm³/mol. The van der Waals surface area contributed by atoms with Crippen molar-refractivity contribution < 1.29 is 4.79 Å². The summed E-state index contributed by atoms with van der Waals surface area (Å²) < 4.78 is 0. The summed E-state index contributed by atoms with van der Waals surface area (Å²) in [5.41, 5.74) is 2.54. The largest absolute Gasteiger partial charge is 0.368 e. The number of aryl methyl sites for hydroxylation is 1. The molecule has 6 heteroatoms. The van der Waals surface area contributed by atoms with Crippen LogP contribution in [0.5, 0.6) is 0 Å². The number of hydrogen-bond acceptors (Lipinski definition) is 4. The van der Waals surface area contributed by atoms with Crippen molar-refractivity contribution in [2.24, 2.45) is 0 Å². The molecule has 0 radical (unpaired) electrons. The Morgan fingerprint density at radius 2 is 2.04 bits per heavy atom. The van der Waals surface area contributed by atoms with Gasteiger partial charge < -0.3 is 15.5 Å². The van der Waals surface area contributed by atoms with Gasteiger partial charge in [-0.25, -0.2) is 4.98 Å². The van der Waals surface area contributed by atoms with Gasteiger partial charge >= 0.3 is 0 Å². The molecule has 2 N–H and O–H groups in total. The summed E-state index contributed by atoms with van der Waals surface area (Å²) >= 11 is 6.12. The van der Waals surface area contributed by atoms with Crippen molar-refractivity contribution in [2.75, 3.05) is 36.4 Å². The zero-order chi connectivity index (χ0) is 16.2. The number of hydrogen-bond donors (Lipinski definition) is 2. The van der Waals surface area contributed by atoms with E-state index in [1.807, 2.05) is 25.1 Å². The maximum atomic E-state index is 12.3. The quantitative estimate of drug-likeness (QED) is 0.908. The lowest BCUT2D eigenvalue weighted by atomic mass is 10.1. The zero-order valence-corrected chi connectivity index (χ0v) is 13.7. The SMILES string of the molecule is Cc1ccc(C(=O)Nc2ccc(N3CCNCC3)cn2)c(Cl)c1. The van der Waals surface area contributed by atoms with E-state index in [4.69, 9.17) is 11.6 Å². The molecule has 1 aromatic heterocycles. The minimum Gasteiger partial charge on any atom is -0.368 e. The van der Waals surface area contributed by atoms with Gasteiger partial charge in [0, 0.05) is 26.2 Å². The second-order valence-corrected chi connectivity index (χ2v) is 5.98. The Morgan fingerprint density at radius 1 is 1.26 bits per heavy atom. The molecule has 0 aliphatic carbocycles. The first kappa shape index (κ1) is 15.8. The molecule has 1 fully saturated rings. The zero-order valence-electron chi connectivity index (χ0n) is 13.0. The summed E-state index contributed by atoms with van der Waals surface area (Å²) in [6.07, 6.45) is 1.79. The van der Waals surface area contributed by atoms with Crippen molar-refractivity contribution in [3.8, 4) is 0 Å². The Hall–Kier alpha value is -2.11. The number of aromatic nitrogens is 1. The first-order chi connectivity index (χ1) is 11.1. The monoisotopic (exact) mass is 330 g/mol. The molecule has 2 heterocycles. The molecule has 0 atom stereocenters. The number of amides is 1. The summed E-state index contributed by atoms with van der Waals surface area (Å²) in [5.74, 6) is 0.267. The van der Waals surface area contributed by atoms with Gasteiger partial charge in [-0.1, -0.05) is 17.7 Å². The van der Waals surface area contributed by atoms with E-state index in [2.05, 4.69) is 20.5 Å². The van der Waals surface area contributed by atoms with E-state index >= 15 is 0 Å². The third-order valence-corrected chi connectivity index (χ3v) is 4.15. The number of benzene rings is 1. The molecule has 0 unspecified atom stereocenters. The molecule has 1 aliphatic rings. The Kier molecular flexibility index (Phi) is 4.79. The lowest BCUT2D eigenvalue weighted by Crippen LogP contribution is -2.43. The number of anilines is 2. The van der Waals surface area contributed by atoms with E-state index < -0.39 is 0 Å². The van der Waals surface area contributed by atoms with Gasteiger partial charge in [0.25, 0.3) is 5.91 Å². The van der Waals surface area contributed by atoms with Crippen LogP contribution in [0.3, 0.4) is 0 Å². The van der Waals surface area contributed by atoms with Gasteiger partial charge in [-0.2, -0.15) is 0 Å². The highest BCUT2D eigenvalue weighted by atomic mass is 35.5. The van der Waals surface area contributed by atoms with Gasteiger partial charge in [0.1, 0.15) is 5.82 Å². The van der Waals surface area contributed by atoms with E-state index in [-0.39, 0.29) is 5.91 Å². The van der Waals surface area contributed by atoms with Crippen molar-refractivity contribution in [2.45, 2.75) is 6.92 Å². The summed E-state index contributed by atoms with van der Waals surface area (Å²) in [6.45, 7) is 5.82. The molecule has 5 nitrogen and oxygen atoms in total. The molecule has 0 bridgehead atoms. The third-order valence-electron chi connectivity index (χ3n) is 3.84. The van der Waals surface area contributed by atoms with Crippen LogP contribution in [0.15, 0.2) is 36.5 Å². The number of carbonyl (C=O) groups excluding carboxylic acids is 1. The molecule has 3 rings (SSSR count). The number of piperazine rings is 1. The smallest absolute Gasteiger partial charge is 0.258 e. The van der Waals surface area contributed by atoms with Gasteiger partial charge in [0.15, 0.2) is 0 Å². The van der Waals surface area contributed by atoms with Crippen molar-refractivity contribution >= 4 is 29.0 Å².